The maximum absolute atomic E-state index is 12.8. The van der Waals surface area contributed by atoms with Crippen LogP contribution in [0.4, 0.5) is 0 Å². The van der Waals surface area contributed by atoms with E-state index < -0.39 is 10.0 Å². The van der Waals surface area contributed by atoms with E-state index in [9.17, 15) is 18.0 Å². The number of likely N-dealkylation sites (tertiary alicyclic amines) is 1. The number of benzene rings is 1. The molecular weight excluding hydrogens is 505 g/mol. The fraction of sp³-hybridized carbons (Fsp3) is 0.294. The second kappa shape index (κ2) is 7.90. The lowest BCUT2D eigenvalue weighted by Gasteiger charge is -2.32. The van der Waals surface area contributed by atoms with Gasteiger partial charge in [0.15, 0.2) is 5.43 Å². The highest BCUT2D eigenvalue weighted by atomic mass is 127. The van der Waals surface area contributed by atoms with E-state index >= 15 is 0 Å². The Balaban J connectivity index is 1.78. The normalized spacial score (nSPS) is 15.9. The van der Waals surface area contributed by atoms with E-state index in [0.29, 0.717) is 41.9 Å². The number of nitrogens with zero attached hydrogens (tertiary/aromatic N) is 1. The Morgan fingerprint density at radius 1 is 1.33 bits per heavy atom. The van der Waals surface area contributed by atoms with Crippen LogP contribution >= 0.6 is 34.2 Å². The molecule has 1 amide bonds. The van der Waals surface area contributed by atoms with Crippen LogP contribution in [-0.4, -0.2) is 43.3 Å². The Hall–Kier alpha value is -1.43. The molecule has 0 radical (unpaired) electrons. The Morgan fingerprint density at radius 2 is 2.00 bits per heavy atom. The minimum atomic E-state index is -3.50. The third-order valence-corrected chi connectivity index (χ3v) is 7.06. The molecule has 27 heavy (non-hydrogen) atoms. The molecule has 3 rings (SSSR count). The number of H-pyrrole nitrogens is 1. The highest BCUT2D eigenvalue weighted by molar-refractivity contribution is 14.1. The van der Waals surface area contributed by atoms with Gasteiger partial charge < -0.3 is 9.88 Å². The van der Waals surface area contributed by atoms with Crippen molar-refractivity contribution in [2.45, 2.75) is 18.9 Å². The van der Waals surface area contributed by atoms with Crippen molar-refractivity contribution in [1.82, 2.24) is 14.6 Å². The molecule has 0 spiro atoms. The number of hydrogen-bond donors (Lipinski definition) is 2. The molecule has 0 aliphatic carbocycles. The van der Waals surface area contributed by atoms with Crippen LogP contribution in [0, 0.1) is 3.57 Å². The van der Waals surface area contributed by atoms with Gasteiger partial charge >= 0.3 is 0 Å². The molecule has 1 aromatic heterocycles. The van der Waals surface area contributed by atoms with Gasteiger partial charge in [0.25, 0.3) is 5.91 Å². The summed E-state index contributed by atoms with van der Waals surface area (Å²) in [5.74, 6) is -0.288. The summed E-state index contributed by atoms with van der Waals surface area (Å²) in [5, 5.41) is 1.78. The maximum Gasteiger partial charge on any atom is 0.270 e. The second-order valence-electron chi connectivity index (χ2n) is 6.26. The minimum Gasteiger partial charge on any atom is -0.350 e. The summed E-state index contributed by atoms with van der Waals surface area (Å²) >= 11 is 8.12. The smallest absolute Gasteiger partial charge is 0.270 e. The summed E-state index contributed by atoms with van der Waals surface area (Å²) in [6.45, 7) is 4.05. The molecule has 2 heterocycles. The van der Waals surface area contributed by atoms with Crippen LogP contribution < -0.4 is 10.2 Å². The summed E-state index contributed by atoms with van der Waals surface area (Å²) in [5.41, 5.74) is 0.475. The number of carbonyl (C=O) groups is 1. The fourth-order valence-electron chi connectivity index (χ4n) is 3.01. The third-order valence-electron chi connectivity index (χ3n) is 4.43. The van der Waals surface area contributed by atoms with E-state index in [2.05, 4.69) is 38.9 Å². The number of pyridine rings is 1. The third kappa shape index (κ3) is 4.53. The average Bonchev–Trinajstić information content (AvgIpc) is 2.63. The number of hydrogen-bond acceptors (Lipinski definition) is 4. The maximum atomic E-state index is 12.8. The first-order valence-corrected chi connectivity index (χ1v) is 11.2. The summed E-state index contributed by atoms with van der Waals surface area (Å²) < 4.78 is 26.4. The van der Waals surface area contributed by atoms with Gasteiger partial charge in [-0.25, -0.2) is 13.1 Å². The van der Waals surface area contributed by atoms with Crippen molar-refractivity contribution in [2.75, 3.05) is 13.1 Å². The number of halogens is 2. The highest BCUT2D eigenvalue weighted by Gasteiger charge is 2.26. The summed E-state index contributed by atoms with van der Waals surface area (Å²) in [6.07, 6.45) is 0.980. The number of nitrogens with one attached hydrogen (secondary N) is 2. The molecular formula is C17H17ClIN3O4S. The molecule has 0 saturated carbocycles. The van der Waals surface area contributed by atoms with E-state index in [0.717, 1.165) is 8.98 Å². The molecule has 7 nitrogen and oxygen atoms in total. The number of aromatic nitrogens is 1. The van der Waals surface area contributed by atoms with Crippen LogP contribution in [0.15, 0.2) is 35.0 Å². The number of sulfonamides is 1. The van der Waals surface area contributed by atoms with Gasteiger partial charge in [0.05, 0.1) is 10.5 Å². The average molecular weight is 522 g/mol. The molecule has 1 saturated heterocycles. The van der Waals surface area contributed by atoms with Gasteiger partial charge in [-0.2, -0.15) is 0 Å². The molecule has 2 N–H and O–H groups in total. The zero-order chi connectivity index (χ0) is 19.8. The standard InChI is InChI=1S/C17H17ClIN3O4S/c1-2-27(25,26)21-10-3-5-22(6-4-10)17(24)15-9-16(23)11-7-12(18)13(19)8-14(11)20-15/h2,7-10,21H,1,3-6H2,(H,20,23). The van der Waals surface area contributed by atoms with Gasteiger partial charge in [0.2, 0.25) is 10.0 Å². The lowest BCUT2D eigenvalue weighted by Crippen LogP contribution is -2.46. The van der Waals surface area contributed by atoms with Gasteiger partial charge in [-0.05, 0) is 47.6 Å². The summed E-state index contributed by atoms with van der Waals surface area (Å²) in [7, 11) is -3.50. The summed E-state index contributed by atoms with van der Waals surface area (Å²) in [4.78, 5) is 29.7. The lowest BCUT2D eigenvalue weighted by molar-refractivity contribution is 0.0705. The minimum absolute atomic E-state index is 0.204. The predicted octanol–water partition coefficient (Wildman–Crippen LogP) is 2.45. The van der Waals surface area contributed by atoms with Crippen LogP contribution in [0.25, 0.3) is 10.9 Å². The van der Waals surface area contributed by atoms with Crippen molar-refractivity contribution >= 4 is 61.0 Å². The first-order chi connectivity index (χ1) is 12.7. The first kappa shape index (κ1) is 20.3. The van der Waals surface area contributed by atoms with Crippen LogP contribution in [0.2, 0.25) is 5.02 Å². The number of fused-ring (bicyclic) bond motifs is 1. The molecule has 0 atom stereocenters. The Morgan fingerprint density at radius 3 is 2.63 bits per heavy atom. The van der Waals surface area contributed by atoms with E-state index in [1.807, 2.05) is 0 Å². The Bertz CT molecular complexity index is 1080. The van der Waals surface area contributed by atoms with E-state index in [-0.39, 0.29) is 23.1 Å². The van der Waals surface area contributed by atoms with E-state index in [4.69, 9.17) is 11.6 Å². The molecule has 10 heteroatoms. The number of piperidine rings is 1. The molecule has 1 aliphatic rings. The topological polar surface area (TPSA) is 99.3 Å². The van der Waals surface area contributed by atoms with Crippen LogP contribution in [0.3, 0.4) is 0 Å². The van der Waals surface area contributed by atoms with Gasteiger partial charge in [-0.1, -0.05) is 18.2 Å². The zero-order valence-corrected chi connectivity index (χ0v) is 17.9. The van der Waals surface area contributed by atoms with Crippen molar-refractivity contribution < 1.29 is 13.2 Å². The number of carbonyl (C=O) groups excluding carboxylic acids is 1. The quantitative estimate of drug-likeness (QED) is 0.604. The second-order valence-corrected chi connectivity index (χ2v) is 9.48. The molecule has 0 bridgehead atoms. The van der Waals surface area contributed by atoms with E-state index in [1.54, 1.807) is 17.0 Å². The SMILES string of the molecule is C=CS(=O)(=O)NC1CCN(C(=O)c2cc(=O)c3cc(Cl)c(I)cc3[nH]2)CC1. The Kier molecular flexibility index (Phi) is 5.94. The predicted molar refractivity (Wildman–Crippen MR) is 113 cm³/mol. The molecule has 1 fully saturated rings. The van der Waals surface area contributed by atoms with Gasteiger partial charge in [-0.15, -0.1) is 0 Å². The molecule has 2 aromatic rings. The first-order valence-electron chi connectivity index (χ1n) is 8.16. The molecule has 1 aliphatic heterocycles. The van der Waals surface area contributed by atoms with Crippen molar-refractivity contribution in [3.63, 3.8) is 0 Å². The van der Waals surface area contributed by atoms with Gasteiger partial charge in [0.1, 0.15) is 5.69 Å². The largest absolute Gasteiger partial charge is 0.350 e. The summed E-state index contributed by atoms with van der Waals surface area (Å²) in [6, 6.07) is 4.35. The van der Waals surface area contributed by atoms with Crippen molar-refractivity contribution in [2.24, 2.45) is 0 Å². The number of aromatic amines is 1. The molecule has 1 aromatic carbocycles. The monoisotopic (exact) mass is 521 g/mol. The lowest BCUT2D eigenvalue weighted by atomic mass is 10.1. The fourth-order valence-corrected chi connectivity index (χ4v) is 4.44. The van der Waals surface area contributed by atoms with Gasteiger partial charge in [0, 0.05) is 39.6 Å². The van der Waals surface area contributed by atoms with Gasteiger partial charge in [-0.3, -0.25) is 9.59 Å². The number of amides is 1. The van der Waals surface area contributed by atoms with Crippen molar-refractivity contribution in [3.05, 3.63) is 54.7 Å². The van der Waals surface area contributed by atoms with E-state index in [1.165, 1.54) is 6.07 Å². The highest BCUT2D eigenvalue weighted by Crippen LogP contribution is 2.23. The molecule has 0 unspecified atom stereocenters. The van der Waals surface area contributed by atoms with Crippen molar-refractivity contribution in [3.8, 4) is 0 Å². The number of rotatable bonds is 4. The van der Waals surface area contributed by atoms with Crippen LogP contribution in [0.5, 0.6) is 0 Å². The Labute approximate surface area is 175 Å². The van der Waals surface area contributed by atoms with Crippen LogP contribution in [-0.2, 0) is 10.0 Å². The molecule has 144 valence electrons. The zero-order valence-electron chi connectivity index (χ0n) is 14.2. The van der Waals surface area contributed by atoms with Crippen molar-refractivity contribution in [1.29, 1.82) is 0 Å². The van der Waals surface area contributed by atoms with Crippen LogP contribution in [0.1, 0.15) is 23.3 Å².